The Morgan fingerprint density at radius 3 is 2.58 bits per heavy atom. The fourth-order valence-corrected chi connectivity index (χ4v) is 4.17. The van der Waals surface area contributed by atoms with Crippen LogP contribution in [0.4, 0.5) is 4.39 Å². The Labute approximate surface area is 190 Å². The molecule has 2 aromatic heterocycles. The van der Waals surface area contributed by atoms with Crippen LogP contribution >= 0.6 is 0 Å². The van der Waals surface area contributed by atoms with Gasteiger partial charge in [-0.2, -0.15) is 5.10 Å². The Kier molecular flexibility index (Phi) is 5.60. The van der Waals surface area contributed by atoms with Gasteiger partial charge in [0, 0.05) is 18.7 Å². The van der Waals surface area contributed by atoms with E-state index in [0.29, 0.717) is 33.5 Å². The van der Waals surface area contributed by atoms with Crippen molar-refractivity contribution in [2.24, 2.45) is 0 Å². The molecule has 1 aliphatic heterocycles. The van der Waals surface area contributed by atoms with Gasteiger partial charge in [-0.15, -0.1) is 0 Å². The molecule has 0 radical (unpaired) electrons. The molecule has 0 unspecified atom stereocenters. The minimum absolute atomic E-state index is 0.0519. The molecular formula is C26H23FN4O2. The van der Waals surface area contributed by atoms with Crippen LogP contribution in [0.25, 0.3) is 34.4 Å². The number of carbonyl (C=O) groups excluding carboxylic acids is 1. The molecular weight excluding hydrogens is 419 g/mol. The van der Waals surface area contributed by atoms with Gasteiger partial charge in [0.25, 0.3) is 5.91 Å². The first-order valence-electron chi connectivity index (χ1n) is 11.0. The van der Waals surface area contributed by atoms with Gasteiger partial charge in [-0.25, -0.2) is 9.37 Å². The number of hydrogen-bond donors (Lipinski definition) is 2. The number of hydrogen-bond acceptors (Lipinski definition) is 4. The second-order valence-electron chi connectivity index (χ2n) is 8.18. The number of benzene rings is 2. The van der Waals surface area contributed by atoms with Crippen molar-refractivity contribution in [1.29, 1.82) is 0 Å². The number of phenolic OH excluding ortho intramolecular Hbond substituents is 1. The number of nitrogens with zero attached hydrogens (tertiary/aromatic N) is 3. The highest BCUT2D eigenvalue weighted by atomic mass is 19.1. The van der Waals surface area contributed by atoms with Crippen molar-refractivity contribution in [3.8, 4) is 17.0 Å². The fourth-order valence-electron chi connectivity index (χ4n) is 4.17. The molecule has 6 nitrogen and oxygen atoms in total. The molecule has 1 fully saturated rings. The number of halogens is 1. The molecule has 3 heterocycles. The monoisotopic (exact) mass is 442 g/mol. The second kappa shape index (κ2) is 8.86. The van der Waals surface area contributed by atoms with Crippen molar-refractivity contribution in [2.75, 3.05) is 13.1 Å². The van der Waals surface area contributed by atoms with Gasteiger partial charge in [-0.05, 0) is 73.4 Å². The molecule has 0 aliphatic carbocycles. The van der Waals surface area contributed by atoms with Crippen LogP contribution in [0.1, 0.15) is 40.9 Å². The van der Waals surface area contributed by atoms with E-state index in [-0.39, 0.29) is 17.5 Å². The average Bonchev–Trinajstić information content (AvgIpc) is 3.26. The van der Waals surface area contributed by atoms with E-state index in [1.54, 1.807) is 54.6 Å². The number of rotatable bonds is 4. The van der Waals surface area contributed by atoms with E-state index in [4.69, 9.17) is 0 Å². The average molecular weight is 442 g/mol. The van der Waals surface area contributed by atoms with Crippen LogP contribution in [-0.4, -0.2) is 44.2 Å². The first kappa shape index (κ1) is 20.9. The highest BCUT2D eigenvalue weighted by Gasteiger charge is 2.24. The zero-order valence-corrected chi connectivity index (χ0v) is 18.0. The van der Waals surface area contributed by atoms with Crippen molar-refractivity contribution in [1.82, 2.24) is 20.1 Å². The molecule has 7 heteroatoms. The lowest BCUT2D eigenvalue weighted by molar-refractivity contribution is 0.0726. The molecule has 1 aliphatic rings. The van der Waals surface area contributed by atoms with E-state index in [9.17, 15) is 14.3 Å². The smallest absolute Gasteiger partial charge is 0.254 e. The molecule has 5 rings (SSSR count). The van der Waals surface area contributed by atoms with Gasteiger partial charge in [0.1, 0.15) is 11.6 Å². The van der Waals surface area contributed by atoms with Crippen LogP contribution < -0.4 is 0 Å². The van der Waals surface area contributed by atoms with E-state index in [1.165, 1.54) is 12.1 Å². The Hall–Kier alpha value is -4.00. The second-order valence-corrected chi connectivity index (χ2v) is 8.18. The highest BCUT2D eigenvalue weighted by Crippen LogP contribution is 2.29. The zero-order chi connectivity index (χ0) is 22.8. The maximum atomic E-state index is 13.6. The molecule has 1 saturated heterocycles. The molecule has 0 saturated carbocycles. The molecule has 0 bridgehead atoms. The van der Waals surface area contributed by atoms with Crippen molar-refractivity contribution in [3.63, 3.8) is 0 Å². The summed E-state index contributed by atoms with van der Waals surface area (Å²) in [5, 5.41) is 17.6. The van der Waals surface area contributed by atoms with E-state index < -0.39 is 0 Å². The van der Waals surface area contributed by atoms with E-state index >= 15 is 0 Å². The number of carbonyl (C=O) groups is 1. The standard InChI is InChI=1S/C26H23FN4O2/c27-19-6-4-5-17(15-19)7-12-22-24-21(26(33)31-13-2-1-3-14-31)16-23(28-25(24)30-29-22)18-8-10-20(32)11-9-18/h4-12,15-16,32H,1-3,13-14H2,(H,28,29,30)/b12-7+. The summed E-state index contributed by atoms with van der Waals surface area (Å²) in [6.45, 7) is 1.45. The van der Waals surface area contributed by atoms with Crippen LogP contribution in [0.15, 0.2) is 54.6 Å². The maximum Gasteiger partial charge on any atom is 0.254 e. The number of piperidine rings is 1. The lowest BCUT2D eigenvalue weighted by Gasteiger charge is -2.27. The summed E-state index contributed by atoms with van der Waals surface area (Å²) in [5.74, 6) is -0.203. The van der Waals surface area contributed by atoms with Gasteiger partial charge in [0.15, 0.2) is 5.65 Å². The predicted molar refractivity (Wildman–Crippen MR) is 126 cm³/mol. The fraction of sp³-hybridized carbons (Fsp3) is 0.192. The molecule has 2 N–H and O–H groups in total. The lowest BCUT2D eigenvalue weighted by atomic mass is 10.0. The largest absolute Gasteiger partial charge is 0.508 e. The van der Waals surface area contributed by atoms with Crippen molar-refractivity contribution >= 4 is 29.1 Å². The van der Waals surface area contributed by atoms with Gasteiger partial charge in [-0.1, -0.05) is 18.2 Å². The Bertz CT molecular complexity index is 1340. The number of nitrogens with one attached hydrogen (secondary N) is 1. The number of fused-ring (bicyclic) bond motifs is 1. The van der Waals surface area contributed by atoms with Crippen molar-refractivity contribution in [2.45, 2.75) is 19.3 Å². The van der Waals surface area contributed by atoms with E-state index in [1.807, 2.05) is 4.90 Å². The van der Waals surface area contributed by atoms with Gasteiger partial charge in [0.2, 0.25) is 0 Å². The first-order chi connectivity index (χ1) is 16.1. The molecule has 1 amide bonds. The summed E-state index contributed by atoms with van der Waals surface area (Å²) >= 11 is 0. The lowest BCUT2D eigenvalue weighted by Crippen LogP contribution is -2.35. The topological polar surface area (TPSA) is 82.1 Å². The summed E-state index contributed by atoms with van der Waals surface area (Å²) in [4.78, 5) is 20.1. The van der Waals surface area contributed by atoms with Gasteiger partial charge in [0.05, 0.1) is 22.3 Å². The van der Waals surface area contributed by atoms with Crippen molar-refractivity contribution < 1.29 is 14.3 Å². The quantitative estimate of drug-likeness (QED) is 0.451. The zero-order valence-electron chi connectivity index (χ0n) is 18.0. The minimum atomic E-state index is -0.312. The maximum absolute atomic E-state index is 13.6. The molecule has 2 aromatic carbocycles. The Morgan fingerprint density at radius 1 is 1.03 bits per heavy atom. The highest BCUT2D eigenvalue weighted by molar-refractivity contribution is 6.09. The summed E-state index contributed by atoms with van der Waals surface area (Å²) < 4.78 is 13.6. The summed E-state index contributed by atoms with van der Waals surface area (Å²) in [7, 11) is 0. The number of likely N-dealkylation sites (tertiary alicyclic amines) is 1. The minimum Gasteiger partial charge on any atom is -0.508 e. The number of pyridine rings is 1. The number of amides is 1. The number of aromatic amines is 1. The third-order valence-corrected chi connectivity index (χ3v) is 5.88. The van der Waals surface area contributed by atoms with Crippen LogP contribution in [0.3, 0.4) is 0 Å². The summed E-state index contributed by atoms with van der Waals surface area (Å²) in [6.07, 6.45) is 6.67. The molecule has 0 atom stereocenters. The number of aromatic hydroxyl groups is 1. The van der Waals surface area contributed by atoms with Gasteiger partial charge >= 0.3 is 0 Å². The van der Waals surface area contributed by atoms with E-state index in [2.05, 4.69) is 15.2 Å². The Morgan fingerprint density at radius 2 is 1.82 bits per heavy atom. The Balaban J connectivity index is 1.62. The van der Waals surface area contributed by atoms with Crippen molar-refractivity contribution in [3.05, 3.63) is 77.2 Å². The van der Waals surface area contributed by atoms with Crippen LogP contribution in [0, 0.1) is 5.82 Å². The molecule has 166 valence electrons. The SMILES string of the molecule is O=C(c1cc(-c2ccc(O)cc2)nc2n[nH]c(/C=C/c3cccc(F)c3)c12)N1CCCCC1. The molecule has 0 spiro atoms. The summed E-state index contributed by atoms with van der Waals surface area (Å²) in [5.41, 5.74) is 3.68. The van der Waals surface area contributed by atoms with Crippen LogP contribution in [0.2, 0.25) is 0 Å². The molecule has 33 heavy (non-hydrogen) atoms. The van der Waals surface area contributed by atoms with Gasteiger partial charge in [-0.3, -0.25) is 9.89 Å². The van der Waals surface area contributed by atoms with Crippen LogP contribution in [0.5, 0.6) is 5.75 Å². The number of phenols is 1. The molecule has 4 aromatic rings. The van der Waals surface area contributed by atoms with Gasteiger partial charge < -0.3 is 10.0 Å². The number of aromatic nitrogens is 3. The normalized spacial score (nSPS) is 14.3. The predicted octanol–water partition coefficient (Wildman–Crippen LogP) is 5.27. The van der Waals surface area contributed by atoms with E-state index in [0.717, 1.165) is 37.9 Å². The summed E-state index contributed by atoms with van der Waals surface area (Å²) in [6, 6.07) is 14.8. The first-order valence-corrected chi connectivity index (χ1v) is 11.0. The van der Waals surface area contributed by atoms with Crippen LogP contribution in [-0.2, 0) is 0 Å². The third kappa shape index (κ3) is 4.35. The number of H-pyrrole nitrogens is 1. The third-order valence-electron chi connectivity index (χ3n) is 5.88.